The third kappa shape index (κ3) is 4.68. The van der Waals surface area contributed by atoms with Gasteiger partial charge in [-0.1, -0.05) is 11.3 Å². The largest absolute Gasteiger partial charge is 0.494 e. The number of rotatable bonds is 8. The zero-order chi connectivity index (χ0) is 32.4. The smallest absolute Gasteiger partial charge is 0.421 e. The number of halogens is 4. The van der Waals surface area contributed by atoms with E-state index >= 15 is 13.2 Å². The van der Waals surface area contributed by atoms with Crippen LogP contribution in [0.15, 0.2) is 48.8 Å². The SMILES string of the molecule is COc1cc(C(=O)NC[C@](O)(c2cc3c(c(-c4ccc(F)cc4)n2)OC[C@@]3(n2cnnn2)C(F)(F)F)C2CC2)cc2sc(N)nc12. The fraction of sp³-hybridized carbons (Fsp3) is 0.310. The second-order valence-corrected chi connectivity index (χ2v) is 12.2. The van der Waals surface area contributed by atoms with E-state index in [1.54, 1.807) is 6.07 Å². The van der Waals surface area contributed by atoms with Crippen LogP contribution in [-0.2, 0) is 11.1 Å². The molecule has 2 aromatic carbocycles. The second-order valence-electron chi connectivity index (χ2n) is 11.1. The van der Waals surface area contributed by atoms with Crippen LogP contribution in [0.2, 0.25) is 0 Å². The number of ether oxygens (including phenoxy) is 2. The van der Waals surface area contributed by atoms with Crippen molar-refractivity contribution < 1.29 is 36.9 Å². The van der Waals surface area contributed by atoms with Gasteiger partial charge in [0.15, 0.2) is 10.9 Å². The topological polar surface area (TPSA) is 163 Å². The third-order valence-electron chi connectivity index (χ3n) is 8.34. The fourth-order valence-corrected chi connectivity index (χ4v) is 6.57. The molecular formula is C29H24F4N8O4S. The van der Waals surface area contributed by atoms with Crippen LogP contribution in [0.5, 0.6) is 11.5 Å². The number of carbonyl (C=O) groups is 1. The second kappa shape index (κ2) is 10.6. The number of alkyl halides is 3. The molecule has 1 fully saturated rings. The zero-order valence-electron chi connectivity index (χ0n) is 23.9. The normalized spacial score (nSPS) is 19.0. The van der Waals surface area contributed by atoms with Crippen molar-refractivity contribution in [3.63, 3.8) is 0 Å². The number of amides is 1. The van der Waals surface area contributed by atoms with Gasteiger partial charge in [0.05, 0.1) is 24.0 Å². The number of methoxy groups -OCH3 is 1. The Kier molecular flexibility index (Phi) is 6.86. The van der Waals surface area contributed by atoms with Gasteiger partial charge in [0.2, 0.25) is 5.54 Å². The highest BCUT2D eigenvalue weighted by Crippen LogP contribution is 2.54. The summed E-state index contributed by atoms with van der Waals surface area (Å²) in [5.41, 5.74) is 1.44. The van der Waals surface area contributed by atoms with E-state index in [2.05, 4.69) is 30.8 Å². The van der Waals surface area contributed by atoms with Gasteiger partial charge in [-0.3, -0.25) is 4.79 Å². The van der Waals surface area contributed by atoms with Gasteiger partial charge in [-0.2, -0.15) is 13.2 Å². The molecule has 2 aliphatic rings. The summed E-state index contributed by atoms with van der Waals surface area (Å²) in [6.07, 6.45) is -3.07. The van der Waals surface area contributed by atoms with Gasteiger partial charge in [-0.05, 0) is 71.7 Å². The number of tetrazole rings is 1. The summed E-state index contributed by atoms with van der Waals surface area (Å²) >= 11 is 1.16. The fourth-order valence-electron chi connectivity index (χ4n) is 5.78. The molecule has 5 aromatic rings. The molecule has 3 aromatic heterocycles. The van der Waals surface area contributed by atoms with Gasteiger partial charge < -0.3 is 25.6 Å². The standard InChI is InChI=1S/C29H24F4N8O4S/c1-44-19-8-15(9-20-23(19)38-26(34)46-20)25(42)35-11-27(43,16-4-5-16)21-10-18-24(22(37-21)14-2-6-17(30)7-3-14)45-12-28(18,29(31,32)33)41-13-36-39-40-41/h2-3,6-10,13,16,43H,4-5,11-12H2,1H3,(H2,34,38)(H,35,42)/t27-,28+/m1/s1. The highest BCUT2D eigenvalue weighted by atomic mass is 32.1. The number of thiazole rings is 1. The minimum Gasteiger partial charge on any atom is -0.494 e. The third-order valence-corrected chi connectivity index (χ3v) is 9.18. The van der Waals surface area contributed by atoms with E-state index in [0.717, 1.165) is 35.9 Å². The van der Waals surface area contributed by atoms with Crippen LogP contribution in [-0.4, -0.2) is 67.6 Å². The molecule has 0 spiro atoms. The van der Waals surface area contributed by atoms with Crippen LogP contribution >= 0.6 is 11.3 Å². The maximum atomic E-state index is 15.1. The number of anilines is 1. The van der Waals surface area contributed by atoms with Crippen LogP contribution in [0.25, 0.3) is 21.5 Å². The number of nitrogen functional groups attached to an aromatic ring is 1. The van der Waals surface area contributed by atoms with E-state index in [4.69, 9.17) is 15.2 Å². The van der Waals surface area contributed by atoms with Crippen molar-refractivity contribution in [1.82, 2.24) is 35.5 Å². The Bertz CT molecular complexity index is 1970. The van der Waals surface area contributed by atoms with Crippen molar-refractivity contribution in [1.29, 1.82) is 0 Å². The van der Waals surface area contributed by atoms with Gasteiger partial charge in [0.25, 0.3) is 5.91 Å². The Hall–Kier alpha value is -4.90. The molecule has 1 aliphatic heterocycles. The molecule has 0 radical (unpaired) electrons. The summed E-state index contributed by atoms with van der Waals surface area (Å²) in [4.78, 5) is 22.2. The number of aliphatic hydroxyl groups is 1. The predicted molar refractivity (Wildman–Crippen MR) is 156 cm³/mol. The van der Waals surface area contributed by atoms with E-state index in [9.17, 15) is 14.3 Å². The van der Waals surface area contributed by atoms with E-state index < -0.39 is 41.6 Å². The molecule has 17 heteroatoms. The lowest BCUT2D eigenvalue weighted by Gasteiger charge is -2.32. The number of carbonyl (C=O) groups excluding carboxylic acids is 1. The summed E-state index contributed by atoms with van der Waals surface area (Å²) < 4.78 is 71.2. The van der Waals surface area contributed by atoms with E-state index in [-0.39, 0.29) is 45.5 Å². The molecule has 0 bridgehead atoms. The molecule has 4 N–H and O–H groups in total. The molecule has 1 saturated carbocycles. The molecule has 1 amide bonds. The van der Waals surface area contributed by atoms with Crippen molar-refractivity contribution >= 4 is 32.6 Å². The van der Waals surface area contributed by atoms with Crippen LogP contribution in [0.4, 0.5) is 22.7 Å². The predicted octanol–water partition coefficient (Wildman–Crippen LogP) is 3.80. The summed E-state index contributed by atoms with van der Waals surface area (Å²) in [5, 5.41) is 25.6. The van der Waals surface area contributed by atoms with Crippen molar-refractivity contribution in [3.05, 3.63) is 71.4 Å². The highest BCUT2D eigenvalue weighted by molar-refractivity contribution is 7.22. The molecule has 238 valence electrons. The first kappa shape index (κ1) is 29.8. The minimum absolute atomic E-state index is 0.0462. The Morgan fingerprint density at radius 2 is 1.98 bits per heavy atom. The zero-order valence-corrected chi connectivity index (χ0v) is 24.7. The number of fused-ring (bicyclic) bond motifs is 2. The Labute approximate surface area is 261 Å². The molecule has 1 aliphatic carbocycles. The number of pyridine rings is 1. The van der Waals surface area contributed by atoms with Gasteiger partial charge in [-0.25, -0.2) is 19.0 Å². The Morgan fingerprint density at radius 3 is 2.63 bits per heavy atom. The number of hydrogen-bond acceptors (Lipinski definition) is 11. The molecule has 4 heterocycles. The summed E-state index contributed by atoms with van der Waals surface area (Å²) in [6, 6.07) is 9.17. The van der Waals surface area contributed by atoms with Crippen molar-refractivity contribution in [2.75, 3.05) is 26.0 Å². The van der Waals surface area contributed by atoms with Crippen molar-refractivity contribution in [3.8, 4) is 22.8 Å². The van der Waals surface area contributed by atoms with Gasteiger partial charge in [0, 0.05) is 16.7 Å². The first-order valence-corrected chi connectivity index (χ1v) is 14.8. The maximum absolute atomic E-state index is 15.1. The van der Waals surface area contributed by atoms with E-state index in [1.807, 2.05) is 0 Å². The molecule has 12 nitrogen and oxygen atoms in total. The lowest BCUT2D eigenvalue weighted by atomic mass is 9.85. The van der Waals surface area contributed by atoms with Gasteiger partial charge in [-0.15, -0.1) is 5.10 Å². The van der Waals surface area contributed by atoms with Crippen molar-refractivity contribution in [2.24, 2.45) is 5.92 Å². The van der Waals surface area contributed by atoms with Crippen molar-refractivity contribution in [2.45, 2.75) is 30.2 Å². The Balaban J connectivity index is 1.33. The number of hydrogen-bond donors (Lipinski definition) is 3. The average molecular weight is 657 g/mol. The minimum atomic E-state index is -4.96. The lowest BCUT2D eigenvalue weighted by Crippen LogP contribution is -2.51. The van der Waals surface area contributed by atoms with E-state index in [0.29, 0.717) is 33.5 Å². The number of nitrogens with two attached hydrogens (primary N) is 1. The average Bonchev–Trinajstić information content (AvgIpc) is 3.40. The van der Waals surface area contributed by atoms with Crippen LogP contribution < -0.4 is 20.5 Å². The molecule has 2 atom stereocenters. The molecule has 46 heavy (non-hydrogen) atoms. The quantitative estimate of drug-likeness (QED) is 0.210. The lowest BCUT2D eigenvalue weighted by molar-refractivity contribution is -0.205. The number of nitrogens with one attached hydrogen (secondary N) is 1. The highest BCUT2D eigenvalue weighted by Gasteiger charge is 2.64. The first-order chi connectivity index (χ1) is 21.9. The first-order valence-electron chi connectivity index (χ1n) is 13.9. The molecule has 7 rings (SSSR count). The van der Waals surface area contributed by atoms with Crippen LogP contribution in [0.1, 0.15) is 34.5 Å². The number of aromatic nitrogens is 6. The maximum Gasteiger partial charge on any atom is 0.421 e. The van der Waals surface area contributed by atoms with Crippen LogP contribution in [0.3, 0.4) is 0 Å². The Morgan fingerprint density at radius 1 is 1.22 bits per heavy atom. The number of benzene rings is 2. The van der Waals surface area contributed by atoms with Gasteiger partial charge >= 0.3 is 6.18 Å². The molecule has 0 saturated heterocycles. The van der Waals surface area contributed by atoms with E-state index in [1.165, 1.54) is 25.3 Å². The summed E-state index contributed by atoms with van der Waals surface area (Å²) in [7, 11) is 1.43. The summed E-state index contributed by atoms with van der Waals surface area (Å²) in [6.45, 7) is -1.30. The van der Waals surface area contributed by atoms with Crippen LogP contribution in [0, 0.1) is 11.7 Å². The molecule has 0 unspecified atom stereocenters. The monoisotopic (exact) mass is 656 g/mol. The number of nitrogens with zero attached hydrogens (tertiary/aromatic N) is 6. The summed E-state index contributed by atoms with van der Waals surface area (Å²) in [5.74, 6) is -1.47. The molecular weight excluding hydrogens is 632 g/mol. The van der Waals surface area contributed by atoms with Gasteiger partial charge in [0.1, 0.15) is 41.3 Å².